The van der Waals surface area contributed by atoms with Gasteiger partial charge in [-0.05, 0) is 109 Å². The number of esters is 3. The molecule has 4 unspecified atom stereocenters. The van der Waals surface area contributed by atoms with Crippen LogP contribution in [-0.4, -0.2) is 65.9 Å². The molecule has 0 bridgehead atoms. The predicted molar refractivity (Wildman–Crippen MR) is 191 cm³/mol. The third-order valence-electron chi connectivity index (χ3n) is 16.3. The van der Waals surface area contributed by atoms with Crippen LogP contribution in [0.4, 0.5) is 0 Å². The lowest BCUT2D eigenvalue weighted by atomic mass is 9.33. The normalized spacial score (nSPS) is 46.5. The van der Waals surface area contributed by atoms with Crippen LogP contribution in [0.25, 0.3) is 0 Å². The second-order valence-corrected chi connectivity index (χ2v) is 19.0. The van der Waals surface area contributed by atoms with Crippen molar-refractivity contribution in [2.45, 2.75) is 164 Å². The van der Waals surface area contributed by atoms with E-state index < -0.39 is 48.4 Å². The number of rotatable bonds is 6. The molecule has 1 saturated heterocycles. The van der Waals surface area contributed by atoms with Gasteiger partial charge in [0, 0.05) is 32.6 Å². The maximum absolute atomic E-state index is 13.2. The van der Waals surface area contributed by atoms with Gasteiger partial charge in [0.2, 0.25) is 0 Å². The average Bonchev–Trinajstić information content (AvgIpc) is 3.02. The summed E-state index contributed by atoms with van der Waals surface area (Å²) in [5, 5.41) is 12.2. The van der Waals surface area contributed by atoms with Crippen molar-refractivity contribution in [1.82, 2.24) is 0 Å². The lowest BCUT2D eigenvalue weighted by Crippen LogP contribution is -2.65. The summed E-state index contributed by atoms with van der Waals surface area (Å²) in [5.41, 5.74) is 1.30. The molecule has 14 atom stereocenters. The molecule has 51 heavy (non-hydrogen) atoms. The highest BCUT2D eigenvalue weighted by Crippen LogP contribution is 2.76. The molecule has 0 aromatic heterocycles. The Bertz CT molecular complexity index is 1450. The Morgan fingerprint density at radius 3 is 2.16 bits per heavy atom. The van der Waals surface area contributed by atoms with E-state index in [4.69, 9.17) is 18.9 Å². The minimum atomic E-state index is -1.14. The van der Waals surface area contributed by atoms with Crippen LogP contribution in [0.3, 0.4) is 0 Å². The number of carbonyl (C=O) groups is 4. The Labute approximate surface area is 305 Å². The molecule has 0 spiro atoms. The minimum Gasteiger partial charge on any atom is -0.456 e. The van der Waals surface area contributed by atoms with Crippen molar-refractivity contribution >= 4 is 23.7 Å². The van der Waals surface area contributed by atoms with Crippen LogP contribution in [0, 0.1) is 56.7 Å². The van der Waals surface area contributed by atoms with Gasteiger partial charge in [0.05, 0.1) is 12.7 Å². The molecule has 9 nitrogen and oxygen atoms in total. The van der Waals surface area contributed by atoms with Crippen LogP contribution in [0.2, 0.25) is 0 Å². The van der Waals surface area contributed by atoms with Crippen molar-refractivity contribution in [2.24, 2.45) is 56.7 Å². The Morgan fingerprint density at radius 2 is 1.51 bits per heavy atom. The largest absolute Gasteiger partial charge is 0.456 e. The molecule has 6 rings (SSSR count). The molecule has 4 saturated carbocycles. The highest BCUT2D eigenvalue weighted by atomic mass is 16.6. The standard InChI is InChI=1S/C42H64O9/c1-23-13-18-42(21-29(46)35-37(51-27(5)45)36(50-26(4)44)30(22-48-35)49-25(3)43)20-19-40(9)28(34(42)24(23)2)11-12-32-39(8)16-15-33(47)38(6,7)31(39)14-17-41(32,40)10/h11,23-24,29-32,34-37,46H,12-22H2,1-10H3/t23-,24+,29-,30-,31?,32?,34?,35+,36+,37?,39+,40-,41-,42-/m1/s1. The number of hydrogen-bond acceptors (Lipinski definition) is 9. The smallest absolute Gasteiger partial charge is 0.303 e. The fraction of sp³-hybridized carbons (Fsp3) is 0.857. The van der Waals surface area contributed by atoms with Crippen molar-refractivity contribution < 1.29 is 43.2 Å². The summed E-state index contributed by atoms with van der Waals surface area (Å²) < 4.78 is 23.0. The maximum Gasteiger partial charge on any atom is 0.303 e. The zero-order valence-electron chi connectivity index (χ0n) is 32.8. The first-order valence-electron chi connectivity index (χ1n) is 19.8. The minimum absolute atomic E-state index is 0.000771. The van der Waals surface area contributed by atoms with Gasteiger partial charge >= 0.3 is 17.9 Å². The molecule has 9 heteroatoms. The van der Waals surface area contributed by atoms with Crippen molar-refractivity contribution in [1.29, 1.82) is 0 Å². The third-order valence-corrected chi connectivity index (χ3v) is 16.3. The first-order chi connectivity index (χ1) is 23.7. The van der Waals surface area contributed by atoms with Crippen molar-refractivity contribution in [3.8, 4) is 0 Å². The molecule has 5 fully saturated rings. The molecule has 1 aliphatic heterocycles. The van der Waals surface area contributed by atoms with Gasteiger partial charge in [-0.2, -0.15) is 0 Å². The van der Waals surface area contributed by atoms with E-state index in [1.54, 1.807) is 5.57 Å². The number of aliphatic hydroxyl groups is 1. The molecule has 6 aliphatic rings. The van der Waals surface area contributed by atoms with Crippen LogP contribution in [0.5, 0.6) is 0 Å². The fourth-order valence-electron chi connectivity index (χ4n) is 13.4. The maximum atomic E-state index is 13.2. The van der Waals surface area contributed by atoms with E-state index in [2.05, 4.69) is 54.5 Å². The Balaban J connectivity index is 1.34. The molecular formula is C42H64O9. The molecular weight excluding hydrogens is 648 g/mol. The number of carbonyl (C=O) groups excluding carboxylic acids is 4. The zero-order valence-corrected chi connectivity index (χ0v) is 32.8. The van der Waals surface area contributed by atoms with Gasteiger partial charge in [-0.3, -0.25) is 19.2 Å². The second kappa shape index (κ2) is 13.2. The van der Waals surface area contributed by atoms with Gasteiger partial charge in [-0.1, -0.05) is 60.1 Å². The average molecular weight is 713 g/mol. The van der Waals surface area contributed by atoms with Gasteiger partial charge in [0.1, 0.15) is 11.9 Å². The monoisotopic (exact) mass is 712 g/mol. The summed E-state index contributed by atoms with van der Waals surface area (Å²) in [5.74, 6) is 0.765. The third kappa shape index (κ3) is 6.03. The summed E-state index contributed by atoms with van der Waals surface area (Å²) >= 11 is 0. The second-order valence-electron chi connectivity index (χ2n) is 19.0. The fourth-order valence-corrected chi connectivity index (χ4v) is 13.4. The number of aliphatic hydroxyl groups excluding tert-OH is 1. The first-order valence-corrected chi connectivity index (χ1v) is 19.8. The van der Waals surface area contributed by atoms with Crippen molar-refractivity contribution in [3.05, 3.63) is 11.6 Å². The van der Waals surface area contributed by atoms with Gasteiger partial charge in [0.15, 0.2) is 18.3 Å². The van der Waals surface area contributed by atoms with E-state index in [-0.39, 0.29) is 39.6 Å². The van der Waals surface area contributed by atoms with E-state index in [9.17, 15) is 24.3 Å². The molecule has 0 aromatic carbocycles. The van der Waals surface area contributed by atoms with Crippen LogP contribution in [0.15, 0.2) is 11.6 Å². The summed E-state index contributed by atoms with van der Waals surface area (Å²) in [6.45, 7) is 20.5. The van der Waals surface area contributed by atoms with Crippen LogP contribution in [0.1, 0.15) is 133 Å². The van der Waals surface area contributed by atoms with E-state index in [0.29, 0.717) is 42.3 Å². The van der Waals surface area contributed by atoms with Crippen LogP contribution in [-0.2, 0) is 38.1 Å². The number of ether oxygens (including phenoxy) is 4. The van der Waals surface area contributed by atoms with Crippen LogP contribution >= 0.6 is 0 Å². The van der Waals surface area contributed by atoms with E-state index in [0.717, 1.165) is 51.4 Å². The molecule has 0 radical (unpaired) electrons. The topological polar surface area (TPSA) is 125 Å². The molecule has 1 heterocycles. The molecule has 0 amide bonds. The number of fused-ring (bicyclic) bond motifs is 7. The molecule has 1 N–H and O–H groups in total. The van der Waals surface area contributed by atoms with E-state index >= 15 is 0 Å². The summed E-state index contributed by atoms with van der Waals surface area (Å²) in [6.07, 6.45) is 6.83. The summed E-state index contributed by atoms with van der Waals surface area (Å²) in [4.78, 5) is 49.8. The SMILES string of the molecule is CC(=O)OC1[C@H]([C@H](O)C[C@]23CC[C@@H](C)[C@H](C)C2C2=CCC4[C@@]5(C)CCC(=O)C(C)(C)C5CC[C@@]4(C)[C@]2(C)CC3)OC[C@@H](OC(C)=O)[C@@H]1OC(C)=O. The van der Waals surface area contributed by atoms with E-state index in [1.165, 1.54) is 20.8 Å². The van der Waals surface area contributed by atoms with Gasteiger partial charge in [-0.15, -0.1) is 0 Å². The number of hydrogen-bond donors (Lipinski definition) is 1. The highest BCUT2D eigenvalue weighted by Gasteiger charge is 2.69. The van der Waals surface area contributed by atoms with Crippen LogP contribution < -0.4 is 0 Å². The number of Topliss-reactive ketones (excluding diaryl/α,β-unsaturated/α-hetero) is 1. The van der Waals surface area contributed by atoms with Crippen molar-refractivity contribution in [3.63, 3.8) is 0 Å². The first kappa shape index (κ1) is 38.5. The quantitative estimate of drug-likeness (QED) is 0.174. The Hall–Kier alpha value is -2.26. The highest BCUT2D eigenvalue weighted by molar-refractivity contribution is 5.85. The number of ketones is 1. The lowest BCUT2D eigenvalue weighted by Gasteiger charge is -2.71. The molecule has 5 aliphatic carbocycles. The van der Waals surface area contributed by atoms with Crippen molar-refractivity contribution in [2.75, 3.05) is 6.61 Å². The zero-order chi connectivity index (χ0) is 37.5. The van der Waals surface area contributed by atoms with Gasteiger partial charge < -0.3 is 24.1 Å². The van der Waals surface area contributed by atoms with Gasteiger partial charge in [0.25, 0.3) is 0 Å². The Morgan fingerprint density at radius 1 is 0.863 bits per heavy atom. The van der Waals surface area contributed by atoms with Gasteiger partial charge in [-0.25, -0.2) is 0 Å². The molecule has 0 aromatic rings. The number of allylic oxidation sites excluding steroid dienone is 2. The molecule has 286 valence electrons. The summed E-state index contributed by atoms with van der Waals surface area (Å²) in [6, 6.07) is 0. The lowest BCUT2D eigenvalue weighted by molar-refractivity contribution is -0.242. The Kier molecular flexibility index (Phi) is 9.99. The predicted octanol–water partition coefficient (Wildman–Crippen LogP) is 7.16. The van der Waals surface area contributed by atoms with E-state index in [1.807, 2.05) is 0 Å². The summed E-state index contributed by atoms with van der Waals surface area (Å²) in [7, 11) is 0.